The lowest BCUT2D eigenvalue weighted by Gasteiger charge is -2.22. The van der Waals surface area contributed by atoms with Gasteiger partial charge in [0.1, 0.15) is 0 Å². The maximum absolute atomic E-state index is 12.0. The van der Waals surface area contributed by atoms with E-state index in [1.165, 1.54) is 11.1 Å². The third-order valence-corrected chi connectivity index (χ3v) is 3.50. The van der Waals surface area contributed by atoms with Crippen molar-refractivity contribution in [2.24, 2.45) is 5.92 Å². The molecular formula is C17H27NO. The molecule has 0 heterocycles. The number of hydrogen-bond donors (Lipinski definition) is 1. The molecule has 0 saturated carbocycles. The van der Waals surface area contributed by atoms with Crippen LogP contribution >= 0.6 is 0 Å². The van der Waals surface area contributed by atoms with Gasteiger partial charge in [0.15, 0.2) is 0 Å². The molecule has 1 aromatic carbocycles. The number of amides is 1. The molecule has 19 heavy (non-hydrogen) atoms. The molecule has 106 valence electrons. The van der Waals surface area contributed by atoms with E-state index in [1.54, 1.807) is 0 Å². The lowest BCUT2D eigenvalue weighted by Crippen LogP contribution is -2.32. The highest BCUT2D eigenvalue weighted by Gasteiger charge is 2.18. The Kier molecular flexibility index (Phi) is 6.61. The summed E-state index contributed by atoms with van der Waals surface area (Å²) in [6.45, 7) is 8.24. The molecule has 0 aliphatic carbocycles. The Balaban J connectivity index is 2.91. The zero-order valence-electron chi connectivity index (χ0n) is 12.7. The lowest BCUT2D eigenvalue weighted by atomic mass is 9.94. The van der Waals surface area contributed by atoms with Gasteiger partial charge < -0.3 is 5.32 Å². The number of benzene rings is 1. The quantitative estimate of drug-likeness (QED) is 0.781. The summed E-state index contributed by atoms with van der Waals surface area (Å²) in [5.41, 5.74) is 2.63. The van der Waals surface area contributed by atoms with Crippen molar-refractivity contribution in [3.05, 3.63) is 35.4 Å². The molecule has 1 unspecified atom stereocenters. The number of unbranched alkanes of at least 4 members (excludes halogenated alkanes) is 1. The molecule has 0 aromatic heterocycles. The number of aryl methyl sites for hydroxylation is 1. The van der Waals surface area contributed by atoms with Crippen molar-refractivity contribution in [2.75, 3.05) is 0 Å². The fraction of sp³-hybridized carbons (Fsp3) is 0.588. The highest BCUT2D eigenvalue weighted by atomic mass is 16.1. The molecule has 1 atom stereocenters. The summed E-state index contributed by atoms with van der Waals surface area (Å²) in [5.74, 6) is 0.185. The number of hydrogen-bond acceptors (Lipinski definition) is 1. The second-order valence-electron chi connectivity index (χ2n) is 5.41. The predicted molar refractivity (Wildman–Crippen MR) is 81.1 cm³/mol. The van der Waals surface area contributed by atoms with E-state index < -0.39 is 0 Å². The molecule has 0 aliphatic rings. The van der Waals surface area contributed by atoms with Crippen LogP contribution in [-0.4, -0.2) is 5.91 Å². The van der Waals surface area contributed by atoms with Gasteiger partial charge in [0.05, 0.1) is 6.04 Å². The van der Waals surface area contributed by atoms with Gasteiger partial charge >= 0.3 is 0 Å². The third kappa shape index (κ3) is 4.70. The second kappa shape index (κ2) is 7.98. The zero-order chi connectivity index (χ0) is 14.3. The largest absolute Gasteiger partial charge is 0.349 e. The van der Waals surface area contributed by atoms with Crippen LogP contribution in [0.5, 0.6) is 0 Å². The Labute approximate surface area is 117 Å². The summed E-state index contributed by atoms with van der Waals surface area (Å²) in [5, 5.41) is 3.20. The van der Waals surface area contributed by atoms with E-state index >= 15 is 0 Å². The van der Waals surface area contributed by atoms with Gasteiger partial charge in [-0.25, -0.2) is 0 Å². The Morgan fingerprint density at radius 3 is 2.47 bits per heavy atom. The second-order valence-corrected chi connectivity index (χ2v) is 5.41. The van der Waals surface area contributed by atoms with Crippen LogP contribution in [0.2, 0.25) is 0 Å². The molecule has 1 amide bonds. The molecule has 0 aliphatic heterocycles. The van der Waals surface area contributed by atoms with Crippen LogP contribution in [0, 0.1) is 5.92 Å². The van der Waals surface area contributed by atoms with Crippen LogP contribution in [0.25, 0.3) is 0 Å². The first-order valence-electron chi connectivity index (χ1n) is 7.48. The van der Waals surface area contributed by atoms with Crippen LogP contribution in [0.3, 0.4) is 0 Å². The van der Waals surface area contributed by atoms with E-state index in [0.717, 1.165) is 25.7 Å². The van der Waals surface area contributed by atoms with E-state index in [-0.39, 0.29) is 17.9 Å². The molecule has 0 saturated heterocycles. The van der Waals surface area contributed by atoms with E-state index in [9.17, 15) is 4.79 Å². The molecular weight excluding hydrogens is 234 g/mol. The number of rotatable bonds is 7. The van der Waals surface area contributed by atoms with Crippen molar-refractivity contribution in [3.8, 4) is 0 Å². The van der Waals surface area contributed by atoms with Gasteiger partial charge in [0, 0.05) is 5.92 Å². The van der Waals surface area contributed by atoms with E-state index in [2.05, 4.69) is 43.4 Å². The summed E-state index contributed by atoms with van der Waals surface area (Å²) in [7, 11) is 0. The highest BCUT2D eigenvalue weighted by Crippen LogP contribution is 2.24. The first kappa shape index (κ1) is 15.7. The molecule has 1 aromatic rings. The fourth-order valence-electron chi connectivity index (χ4n) is 2.25. The minimum absolute atomic E-state index is 0.0397. The molecule has 0 radical (unpaired) electrons. The molecule has 0 bridgehead atoms. The summed E-state index contributed by atoms with van der Waals surface area (Å²) >= 11 is 0. The first-order valence-corrected chi connectivity index (χ1v) is 7.48. The topological polar surface area (TPSA) is 29.1 Å². The van der Waals surface area contributed by atoms with Crippen LogP contribution in [0.15, 0.2) is 24.3 Å². The summed E-state index contributed by atoms with van der Waals surface area (Å²) in [4.78, 5) is 12.0. The average Bonchev–Trinajstić information content (AvgIpc) is 2.43. The van der Waals surface area contributed by atoms with Gasteiger partial charge in [-0.15, -0.1) is 0 Å². The zero-order valence-corrected chi connectivity index (χ0v) is 12.7. The summed E-state index contributed by atoms with van der Waals surface area (Å²) in [6, 6.07) is 8.61. The van der Waals surface area contributed by atoms with Crippen molar-refractivity contribution in [3.63, 3.8) is 0 Å². The average molecular weight is 261 g/mol. The fourth-order valence-corrected chi connectivity index (χ4v) is 2.25. The summed E-state index contributed by atoms with van der Waals surface area (Å²) < 4.78 is 0. The first-order chi connectivity index (χ1) is 9.10. The van der Waals surface area contributed by atoms with Crippen molar-refractivity contribution < 1.29 is 4.79 Å². The van der Waals surface area contributed by atoms with Gasteiger partial charge in [-0.1, -0.05) is 64.8 Å². The Morgan fingerprint density at radius 2 is 1.89 bits per heavy atom. The monoisotopic (exact) mass is 261 g/mol. The van der Waals surface area contributed by atoms with E-state index in [0.29, 0.717) is 0 Å². The van der Waals surface area contributed by atoms with E-state index in [1.807, 2.05) is 13.8 Å². The maximum Gasteiger partial charge on any atom is 0.223 e. The van der Waals surface area contributed by atoms with Crippen molar-refractivity contribution in [1.82, 2.24) is 5.32 Å². The molecule has 1 N–H and O–H groups in total. The van der Waals surface area contributed by atoms with Gasteiger partial charge in [0.2, 0.25) is 5.91 Å². The third-order valence-electron chi connectivity index (χ3n) is 3.50. The Bertz CT molecular complexity index is 398. The smallest absolute Gasteiger partial charge is 0.223 e. The van der Waals surface area contributed by atoms with Crippen molar-refractivity contribution >= 4 is 5.91 Å². The maximum atomic E-state index is 12.0. The molecule has 0 spiro atoms. The predicted octanol–water partition coefficient (Wildman–Crippen LogP) is 4.25. The number of carbonyl (C=O) groups excluding carboxylic acids is 1. The van der Waals surface area contributed by atoms with E-state index in [4.69, 9.17) is 0 Å². The van der Waals surface area contributed by atoms with Crippen LogP contribution < -0.4 is 5.32 Å². The van der Waals surface area contributed by atoms with Crippen LogP contribution in [0.1, 0.15) is 64.1 Å². The van der Waals surface area contributed by atoms with Crippen molar-refractivity contribution in [1.29, 1.82) is 0 Å². The number of nitrogens with one attached hydrogen (secondary N) is 1. The Morgan fingerprint density at radius 1 is 1.21 bits per heavy atom. The molecule has 1 rings (SSSR count). The van der Waals surface area contributed by atoms with Crippen molar-refractivity contribution in [2.45, 2.75) is 59.4 Å². The Hall–Kier alpha value is -1.31. The standard InChI is InChI=1S/C17H27NO/c1-5-7-12-16(18-17(19)13(3)4)15-11-9-8-10-14(15)6-2/h8-11,13,16H,5-7,12H2,1-4H3,(H,18,19). The van der Waals surface area contributed by atoms with Gasteiger partial charge in [0.25, 0.3) is 0 Å². The summed E-state index contributed by atoms with van der Waals surface area (Å²) in [6.07, 6.45) is 4.33. The lowest BCUT2D eigenvalue weighted by molar-refractivity contribution is -0.124. The van der Waals surface area contributed by atoms with Crippen LogP contribution in [-0.2, 0) is 11.2 Å². The minimum Gasteiger partial charge on any atom is -0.349 e. The highest BCUT2D eigenvalue weighted by molar-refractivity contribution is 5.78. The normalized spacial score (nSPS) is 12.5. The van der Waals surface area contributed by atoms with Crippen LogP contribution in [0.4, 0.5) is 0 Å². The SMILES string of the molecule is CCCCC(NC(=O)C(C)C)c1ccccc1CC. The van der Waals surface area contributed by atoms with Gasteiger partial charge in [-0.3, -0.25) is 4.79 Å². The van der Waals surface area contributed by atoms with Gasteiger partial charge in [-0.05, 0) is 24.0 Å². The number of carbonyl (C=O) groups is 1. The molecule has 2 nitrogen and oxygen atoms in total. The molecule has 2 heteroatoms. The molecule has 0 fully saturated rings. The van der Waals surface area contributed by atoms with Gasteiger partial charge in [-0.2, -0.15) is 0 Å². The minimum atomic E-state index is 0.0397.